The fourth-order valence-electron chi connectivity index (χ4n) is 3.27. The number of aliphatic hydroxyl groups is 1. The van der Waals surface area contributed by atoms with Crippen LogP contribution in [0.4, 0.5) is 0 Å². The Bertz CT molecular complexity index is 429. The first kappa shape index (κ1) is 13.6. The Kier molecular flexibility index (Phi) is 3.79. The molecule has 1 aromatic rings. The quantitative estimate of drug-likeness (QED) is 0.862. The van der Waals surface area contributed by atoms with Crippen molar-refractivity contribution >= 4 is 0 Å². The lowest BCUT2D eigenvalue weighted by atomic mass is 9.76. The number of nitrogens with two attached hydrogens (primary N) is 1. The molecule has 0 aromatic heterocycles. The molecule has 18 heavy (non-hydrogen) atoms. The van der Waals surface area contributed by atoms with Gasteiger partial charge in [0, 0.05) is 12.0 Å². The van der Waals surface area contributed by atoms with E-state index in [2.05, 4.69) is 32.9 Å². The van der Waals surface area contributed by atoms with E-state index in [9.17, 15) is 5.11 Å². The van der Waals surface area contributed by atoms with Crippen molar-refractivity contribution in [3.8, 4) is 0 Å². The van der Waals surface area contributed by atoms with Crippen molar-refractivity contribution in [3.05, 3.63) is 34.9 Å². The maximum Gasteiger partial charge on any atom is 0.0858 e. The molecule has 1 aromatic carbocycles. The van der Waals surface area contributed by atoms with Crippen LogP contribution < -0.4 is 5.73 Å². The van der Waals surface area contributed by atoms with Gasteiger partial charge in [0.15, 0.2) is 0 Å². The molecule has 0 spiro atoms. The normalized spacial score (nSPS) is 29.5. The smallest absolute Gasteiger partial charge is 0.0858 e. The van der Waals surface area contributed by atoms with Crippen LogP contribution in [-0.4, -0.2) is 11.7 Å². The van der Waals surface area contributed by atoms with E-state index >= 15 is 0 Å². The third-order valence-electron chi connectivity index (χ3n) is 4.72. The summed E-state index contributed by atoms with van der Waals surface area (Å²) in [4.78, 5) is 0. The molecule has 100 valence electrons. The Labute approximate surface area is 110 Å². The largest absolute Gasteiger partial charge is 0.388 e. The molecule has 2 heteroatoms. The highest BCUT2D eigenvalue weighted by Gasteiger charge is 2.42. The minimum absolute atomic E-state index is 0.110. The molecule has 3 N–H and O–H groups in total. The summed E-state index contributed by atoms with van der Waals surface area (Å²) < 4.78 is 0. The molecule has 1 aliphatic carbocycles. The van der Waals surface area contributed by atoms with Crippen LogP contribution in [0.15, 0.2) is 18.2 Å². The number of aliphatic hydroxyl groups excluding tert-OH is 1. The Balaban J connectivity index is 2.29. The third kappa shape index (κ3) is 2.32. The van der Waals surface area contributed by atoms with Crippen LogP contribution in [0.3, 0.4) is 0 Å². The summed E-state index contributed by atoms with van der Waals surface area (Å²) in [6.45, 7) is 7.02. The van der Waals surface area contributed by atoms with Gasteiger partial charge in [0.25, 0.3) is 0 Å². The number of hydrogen-bond donors (Lipinski definition) is 2. The van der Waals surface area contributed by atoms with Crippen molar-refractivity contribution in [2.45, 2.75) is 46.1 Å². The highest BCUT2D eigenvalue weighted by Crippen LogP contribution is 2.49. The average molecular weight is 247 g/mol. The van der Waals surface area contributed by atoms with Crippen LogP contribution in [0, 0.1) is 25.2 Å². The van der Waals surface area contributed by atoms with Gasteiger partial charge in [-0.25, -0.2) is 0 Å². The number of benzene rings is 1. The van der Waals surface area contributed by atoms with Gasteiger partial charge >= 0.3 is 0 Å². The van der Waals surface area contributed by atoms with E-state index < -0.39 is 6.10 Å². The van der Waals surface area contributed by atoms with Gasteiger partial charge in [-0.2, -0.15) is 0 Å². The summed E-state index contributed by atoms with van der Waals surface area (Å²) in [5.41, 5.74) is 9.40. The molecule has 1 aliphatic rings. The van der Waals surface area contributed by atoms with Gasteiger partial charge < -0.3 is 10.8 Å². The lowest BCUT2D eigenvalue weighted by Crippen LogP contribution is -2.34. The summed E-state index contributed by atoms with van der Waals surface area (Å²) in [7, 11) is 0. The van der Waals surface area contributed by atoms with E-state index in [0.717, 1.165) is 18.4 Å². The predicted octanol–water partition coefficient (Wildman–Crippen LogP) is 3.10. The minimum atomic E-state index is -0.424. The monoisotopic (exact) mass is 247 g/mol. The molecule has 0 radical (unpaired) electrons. The summed E-state index contributed by atoms with van der Waals surface area (Å²) in [5.74, 6) is 0.676. The van der Waals surface area contributed by atoms with Crippen molar-refractivity contribution in [1.82, 2.24) is 0 Å². The molecular weight excluding hydrogens is 222 g/mol. The molecule has 0 saturated heterocycles. The molecule has 3 atom stereocenters. The molecule has 2 rings (SSSR count). The van der Waals surface area contributed by atoms with Crippen molar-refractivity contribution in [3.63, 3.8) is 0 Å². The molecule has 2 nitrogen and oxygen atoms in total. The van der Waals surface area contributed by atoms with E-state index in [1.165, 1.54) is 17.5 Å². The SMILES string of the molecule is Cc1ccc(C(O)C2(CN)CCC(C)C2)cc1C. The molecule has 0 aliphatic heterocycles. The molecule has 3 unspecified atom stereocenters. The number of hydrogen-bond acceptors (Lipinski definition) is 2. The molecule has 0 amide bonds. The molecule has 0 heterocycles. The highest BCUT2D eigenvalue weighted by molar-refractivity contribution is 5.32. The van der Waals surface area contributed by atoms with Crippen LogP contribution >= 0.6 is 0 Å². The van der Waals surface area contributed by atoms with Gasteiger partial charge in [-0.1, -0.05) is 31.5 Å². The second-order valence-electron chi connectivity index (χ2n) is 6.16. The van der Waals surface area contributed by atoms with E-state index in [0.29, 0.717) is 12.5 Å². The zero-order valence-electron chi connectivity index (χ0n) is 11.7. The van der Waals surface area contributed by atoms with Gasteiger partial charge in [-0.3, -0.25) is 0 Å². The minimum Gasteiger partial charge on any atom is -0.388 e. The van der Waals surface area contributed by atoms with Gasteiger partial charge in [0.05, 0.1) is 6.10 Å². The van der Waals surface area contributed by atoms with Crippen LogP contribution in [0.25, 0.3) is 0 Å². The lowest BCUT2D eigenvalue weighted by molar-refractivity contribution is 0.0307. The summed E-state index contributed by atoms with van der Waals surface area (Å²) in [6.07, 6.45) is 2.84. The predicted molar refractivity (Wildman–Crippen MR) is 75.4 cm³/mol. The standard InChI is InChI=1S/C16H25NO/c1-11-6-7-16(9-11,10-17)15(18)14-5-4-12(2)13(3)8-14/h4-5,8,11,15,18H,6-7,9-10,17H2,1-3H3. The fraction of sp³-hybridized carbons (Fsp3) is 0.625. The van der Waals surface area contributed by atoms with Crippen LogP contribution in [-0.2, 0) is 0 Å². The van der Waals surface area contributed by atoms with Crippen LogP contribution in [0.5, 0.6) is 0 Å². The molecule has 1 fully saturated rings. The van der Waals surface area contributed by atoms with E-state index in [1.807, 2.05) is 6.07 Å². The first-order valence-corrected chi connectivity index (χ1v) is 6.94. The number of aryl methyl sites for hydroxylation is 2. The van der Waals surface area contributed by atoms with Crippen molar-refractivity contribution < 1.29 is 5.11 Å². The van der Waals surface area contributed by atoms with Crippen LogP contribution in [0.1, 0.15) is 49.0 Å². The maximum absolute atomic E-state index is 10.7. The van der Waals surface area contributed by atoms with E-state index in [4.69, 9.17) is 5.73 Å². The van der Waals surface area contributed by atoms with Crippen LogP contribution in [0.2, 0.25) is 0 Å². The summed E-state index contributed by atoms with van der Waals surface area (Å²) in [5, 5.41) is 10.7. The molecule has 1 saturated carbocycles. The maximum atomic E-state index is 10.7. The highest BCUT2D eigenvalue weighted by atomic mass is 16.3. The van der Waals surface area contributed by atoms with Crippen molar-refractivity contribution in [2.75, 3.05) is 6.54 Å². The summed E-state index contributed by atoms with van der Waals surface area (Å²) in [6, 6.07) is 6.25. The molecule has 0 bridgehead atoms. The lowest BCUT2D eigenvalue weighted by Gasteiger charge is -2.34. The Morgan fingerprint density at radius 2 is 2.11 bits per heavy atom. The summed E-state index contributed by atoms with van der Waals surface area (Å²) >= 11 is 0. The van der Waals surface area contributed by atoms with Gasteiger partial charge in [-0.15, -0.1) is 0 Å². The number of rotatable bonds is 3. The fourth-order valence-corrected chi connectivity index (χ4v) is 3.27. The Morgan fingerprint density at radius 1 is 1.39 bits per heavy atom. The zero-order chi connectivity index (χ0) is 13.3. The zero-order valence-corrected chi connectivity index (χ0v) is 11.7. The second-order valence-corrected chi connectivity index (χ2v) is 6.16. The van der Waals surface area contributed by atoms with Crippen molar-refractivity contribution in [1.29, 1.82) is 0 Å². The Morgan fingerprint density at radius 3 is 2.61 bits per heavy atom. The first-order chi connectivity index (χ1) is 8.48. The van der Waals surface area contributed by atoms with E-state index in [1.54, 1.807) is 0 Å². The topological polar surface area (TPSA) is 46.2 Å². The van der Waals surface area contributed by atoms with Gasteiger partial charge in [-0.05, 0) is 49.3 Å². The van der Waals surface area contributed by atoms with Gasteiger partial charge in [0.1, 0.15) is 0 Å². The van der Waals surface area contributed by atoms with Gasteiger partial charge in [0.2, 0.25) is 0 Å². The molecular formula is C16H25NO. The van der Waals surface area contributed by atoms with Crippen molar-refractivity contribution in [2.24, 2.45) is 17.1 Å². The second kappa shape index (κ2) is 5.02. The first-order valence-electron chi connectivity index (χ1n) is 6.94. The Hall–Kier alpha value is -0.860. The third-order valence-corrected chi connectivity index (χ3v) is 4.72. The van der Waals surface area contributed by atoms with E-state index in [-0.39, 0.29) is 5.41 Å². The average Bonchev–Trinajstić information content (AvgIpc) is 2.75.